The third-order valence-electron chi connectivity index (χ3n) is 3.56. The van der Waals surface area contributed by atoms with Crippen molar-refractivity contribution in [3.8, 4) is 11.3 Å². The quantitative estimate of drug-likeness (QED) is 0.792. The molecular weight excluding hydrogens is 300 g/mol. The van der Waals surface area contributed by atoms with E-state index in [0.717, 1.165) is 28.2 Å². The first kappa shape index (κ1) is 14.6. The van der Waals surface area contributed by atoms with Crippen LogP contribution < -0.4 is 0 Å². The molecule has 3 aromatic rings. The summed E-state index contributed by atoms with van der Waals surface area (Å²) in [5.41, 5.74) is 4.57. The second kappa shape index (κ2) is 5.81. The summed E-state index contributed by atoms with van der Waals surface area (Å²) in [4.78, 5) is 15.6. The Morgan fingerprint density at radius 2 is 1.95 bits per heavy atom. The minimum atomic E-state index is -0.815. The van der Waals surface area contributed by atoms with Crippen LogP contribution in [0.15, 0.2) is 42.6 Å². The fourth-order valence-corrected chi connectivity index (χ4v) is 2.63. The van der Waals surface area contributed by atoms with Gasteiger partial charge in [-0.25, -0.2) is 4.98 Å². The highest BCUT2D eigenvalue weighted by molar-refractivity contribution is 6.30. The molecule has 0 saturated heterocycles. The summed E-state index contributed by atoms with van der Waals surface area (Å²) in [6, 6.07) is 11.4. The molecule has 1 aromatic carbocycles. The van der Waals surface area contributed by atoms with Crippen LogP contribution in [0.3, 0.4) is 0 Å². The summed E-state index contributed by atoms with van der Waals surface area (Å²) in [7, 11) is 0. The Morgan fingerprint density at radius 1 is 1.23 bits per heavy atom. The number of rotatable bonds is 4. The molecule has 0 unspecified atom stereocenters. The van der Waals surface area contributed by atoms with Gasteiger partial charge in [-0.15, -0.1) is 0 Å². The molecule has 22 heavy (non-hydrogen) atoms. The maximum Gasteiger partial charge on any atom is 0.303 e. The van der Waals surface area contributed by atoms with Gasteiger partial charge in [-0.2, -0.15) is 0 Å². The summed E-state index contributed by atoms with van der Waals surface area (Å²) >= 11 is 5.94. The number of imidazole rings is 1. The van der Waals surface area contributed by atoms with Crippen LogP contribution in [0.5, 0.6) is 0 Å². The molecule has 1 N–H and O–H groups in total. The molecule has 2 aromatic heterocycles. The Hall–Kier alpha value is -2.33. The van der Waals surface area contributed by atoms with E-state index in [1.807, 2.05) is 53.9 Å². The average Bonchev–Trinajstić information content (AvgIpc) is 2.83. The van der Waals surface area contributed by atoms with Gasteiger partial charge in [-0.3, -0.25) is 4.79 Å². The molecular formula is C17H15ClN2O2. The third kappa shape index (κ3) is 2.83. The van der Waals surface area contributed by atoms with Gasteiger partial charge in [0.25, 0.3) is 0 Å². The SMILES string of the molecule is Cc1ccc2nc(-c3ccc(Cl)cc3)c(CCC(=O)O)n2c1. The van der Waals surface area contributed by atoms with Crippen LogP contribution in [0.4, 0.5) is 0 Å². The molecule has 0 aliphatic rings. The van der Waals surface area contributed by atoms with Crippen molar-refractivity contribution in [1.82, 2.24) is 9.38 Å². The molecule has 0 aliphatic heterocycles. The van der Waals surface area contributed by atoms with E-state index in [4.69, 9.17) is 16.7 Å². The van der Waals surface area contributed by atoms with E-state index in [0.29, 0.717) is 11.4 Å². The molecule has 112 valence electrons. The number of fused-ring (bicyclic) bond motifs is 1. The van der Waals surface area contributed by atoms with Crippen molar-refractivity contribution >= 4 is 23.2 Å². The molecule has 0 spiro atoms. The summed E-state index contributed by atoms with van der Waals surface area (Å²) in [6.45, 7) is 2.00. The van der Waals surface area contributed by atoms with E-state index in [2.05, 4.69) is 4.98 Å². The van der Waals surface area contributed by atoms with Crippen LogP contribution in [0.25, 0.3) is 16.9 Å². The fourth-order valence-electron chi connectivity index (χ4n) is 2.50. The summed E-state index contributed by atoms with van der Waals surface area (Å²) < 4.78 is 1.97. The minimum absolute atomic E-state index is 0.0718. The topological polar surface area (TPSA) is 54.6 Å². The van der Waals surface area contributed by atoms with Crippen molar-refractivity contribution in [3.63, 3.8) is 0 Å². The van der Waals surface area contributed by atoms with Crippen molar-refractivity contribution < 1.29 is 9.90 Å². The van der Waals surface area contributed by atoms with E-state index in [1.54, 1.807) is 0 Å². The highest BCUT2D eigenvalue weighted by atomic mass is 35.5. The van der Waals surface area contributed by atoms with Gasteiger partial charge in [-0.05, 0) is 30.7 Å². The fraction of sp³-hybridized carbons (Fsp3) is 0.176. The van der Waals surface area contributed by atoms with Crippen LogP contribution in [-0.4, -0.2) is 20.5 Å². The van der Waals surface area contributed by atoms with Crippen LogP contribution in [0.2, 0.25) is 5.02 Å². The lowest BCUT2D eigenvalue weighted by molar-refractivity contribution is -0.136. The summed E-state index contributed by atoms with van der Waals surface area (Å²) in [6.07, 6.45) is 2.49. The number of aliphatic carboxylic acids is 1. The van der Waals surface area contributed by atoms with Crippen LogP contribution >= 0.6 is 11.6 Å². The van der Waals surface area contributed by atoms with Gasteiger partial charge in [0.15, 0.2) is 0 Å². The van der Waals surface area contributed by atoms with E-state index < -0.39 is 5.97 Å². The Bertz CT molecular complexity index is 838. The van der Waals surface area contributed by atoms with Crippen molar-refractivity contribution in [2.24, 2.45) is 0 Å². The molecule has 2 heterocycles. The van der Waals surface area contributed by atoms with Crippen LogP contribution in [0.1, 0.15) is 17.7 Å². The molecule has 0 saturated carbocycles. The van der Waals surface area contributed by atoms with Gasteiger partial charge in [0.2, 0.25) is 0 Å². The lowest BCUT2D eigenvalue weighted by Gasteiger charge is -2.05. The van der Waals surface area contributed by atoms with E-state index >= 15 is 0 Å². The maximum atomic E-state index is 10.9. The molecule has 0 amide bonds. The zero-order valence-corrected chi connectivity index (χ0v) is 12.8. The van der Waals surface area contributed by atoms with E-state index in [1.165, 1.54) is 0 Å². The van der Waals surface area contributed by atoms with E-state index in [-0.39, 0.29) is 6.42 Å². The molecule has 3 rings (SSSR count). The lowest BCUT2D eigenvalue weighted by atomic mass is 10.1. The van der Waals surface area contributed by atoms with Crippen LogP contribution in [-0.2, 0) is 11.2 Å². The zero-order valence-electron chi connectivity index (χ0n) is 12.1. The Morgan fingerprint density at radius 3 is 2.64 bits per heavy atom. The number of hydrogen-bond acceptors (Lipinski definition) is 2. The molecule has 0 fully saturated rings. The number of carboxylic acids is 1. The highest BCUT2D eigenvalue weighted by Crippen LogP contribution is 2.27. The summed E-state index contributed by atoms with van der Waals surface area (Å²) in [5, 5.41) is 9.65. The zero-order chi connectivity index (χ0) is 15.7. The molecule has 0 aliphatic carbocycles. The van der Waals surface area contributed by atoms with Gasteiger partial charge in [0.1, 0.15) is 5.65 Å². The van der Waals surface area contributed by atoms with Crippen molar-refractivity contribution in [2.45, 2.75) is 19.8 Å². The predicted octanol–water partition coefficient (Wildman–Crippen LogP) is 3.98. The highest BCUT2D eigenvalue weighted by Gasteiger charge is 2.15. The number of nitrogens with zero attached hydrogens (tertiary/aromatic N) is 2. The Labute approximate surface area is 133 Å². The number of pyridine rings is 1. The molecule has 0 bridgehead atoms. The predicted molar refractivity (Wildman–Crippen MR) is 86.3 cm³/mol. The van der Waals surface area contributed by atoms with Gasteiger partial charge in [-0.1, -0.05) is 29.8 Å². The summed E-state index contributed by atoms with van der Waals surface area (Å²) in [5.74, 6) is -0.815. The molecule has 4 nitrogen and oxygen atoms in total. The number of carbonyl (C=O) groups is 1. The van der Waals surface area contributed by atoms with Crippen molar-refractivity contribution in [1.29, 1.82) is 0 Å². The second-order valence-electron chi connectivity index (χ2n) is 5.24. The number of aryl methyl sites for hydroxylation is 2. The standard InChI is InChI=1S/C17H15ClN2O2/c1-11-2-8-15-19-17(12-3-5-13(18)6-4-12)14(20(15)10-11)7-9-16(21)22/h2-6,8,10H,7,9H2,1H3,(H,21,22). The normalized spacial score (nSPS) is 11.0. The van der Waals surface area contributed by atoms with E-state index in [9.17, 15) is 4.79 Å². The number of carboxylic acid groups (broad SMARTS) is 1. The first-order valence-electron chi connectivity index (χ1n) is 7.00. The number of hydrogen-bond donors (Lipinski definition) is 1. The minimum Gasteiger partial charge on any atom is -0.481 e. The van der Waals surface area contributed by atoms with Gasteiger partial charge in [0.05, 0.1) is 17.8 Å². The van der Waals surface area contributed by atoms with Gasteiger partial charge < -0.3 is 9.51 Å². The first-order valence-corrected chi connectivity index (χ1v) is 7.38. The Balaban J connectivity index is 2.16. The van der Waals surface area contributed by atoms with Gasteiger partial charge in [0, 0.05) is 23.2 Å². The number of aromatic nitrogens is 2. The smallest absolute Gasteiger partial charge is 0.303 e. The van der Waals surface area contributed by atoms with Crippen LogP contribution in [0, 0.1) is 6.92 Å². The largest absolute Gasteiger partial charge is 0.481 e. The average molecular weight is 315 g/mol. The molecule has 0 radical (unpaired) electrons. The number of benzene rings is 1. The first-order chi connectivity index (χ1) is 10.5. The van der Waals surface area contributed by atoms with Crippen molar-refractivity contribution in [2.75, 3.05) is 0 Å². The third-order valence-corrected chi connectivity index (χ3v) is 3.81. The number of halogens is 1. The maximum absolute atomic E-state index is 10.9. The Kier molecular flexibility index (Phi) is 3.86. The molecule has 5 heteroatoms. The van der Waals surface area contributed by atoms with Crippen molar-refractivity contribution in [3.05, 3.63) is 58.9 Å². The second-order valence-corrected chi connectivity index (χ2v) is 5.68. The monoisotopic (exact) mass is 314 g/mol. The van der Waals surface area contributed by atoms with Gasteiger partial charge >= 0.3 is 5.97 Å². The lowest BCUT2D eigenvalue weighted by Crippen LogP contribution is -2.01. The molecule has 0 atom stereocenters.